The fraction of sp³-hybridized carbons (Fsp3) is 0.900. The van der Waals surface area contributed by atoms with Gasteiger partial charge in [0.15, 0.2) is 8.32 Å². The Morgan fingerprint density at radius 2 is 1.79 bits per heavy atom. The lowest BCUT2D eigenvalue weighted by molar-refractivity contribution is 0.534. The van der Waals surface area contributed by atoms with E-state index in [-0.39, 0.29) is 0 Å². The van der Waals surface area contributed by atoms with Crippen LogP contribution >= 0.6 is 0 Å². The van der Waals surface area contributed by atoms with Gasteiger partial charge in [0, 0.05) is 6.42 Å². The van der Waals surface area contributed by atoms with Gasteiger partial charge in [-0.15, -0.1) is 0 Å². The second-order valence-corrected chi connectivity index (χ2v) is 10.8. The highest BCUT2D eigenvalue weighted by Crippen LogP contribution is 2.37. The van der Waals surface area contributed by atoms with Gasteiger partial charge in [-0.3, -0.25) is 0 Å². The molecule has 0 aliphatic heterocycles. The molecule has 0 spiro atoms. The van der Waals surface area contributed by atoms with Crippen molar-refractivity contribution in [3.63, 3.8) is 0 Å². The Morgan fingerprint density at radius 3 is 2.07 bits per heavy atom. The van der Waals surface area contributed by atoms with E-state index in [1.807, 2.05) is 0 Å². The van der Waals surface area contributed by atoms with E-state index in [1.54, 1.807) is 0 Å². The van der Waals surface area contributed by atoms with Gasteiger partial charge in [0.05, 0.1) is 6.07 Å². The predicted molar refractivity (Wildman–Crippen MR) is 66.6 cm³/mol. The second kappa shape index (κ2) is 6.38. The third-order valence-electron chi connectivity index (χ3n) is 3.19. The molecule has 0 amide bonds. The molecule has 0 saturated carbocycles. The lowest BCUT2D eigenvalue weighted by atomic mass is 10.4. The van der Waals surface area contributed by atoms with Gasteiger partial charge in [0.2, 0.25) is 0 Å². The van der Waals surface area contributed by atoms with Crippen molar-refractivity contribution >= 4 is 18.8 Å². The Bertz CT molecular complexity index is 191. The first-order valence-corrected chi connectivity index (χ1v) is 8.52. The second-order valence-electron chi connectivity index (χ2n) is 4.48. The molecule has 0 heterocycles. The van der Waals surface area contributed by atoms with Gasteiger partial charge >= 0.3 is 0 Å². The molecule has 0 aromatic carbocycles. The van der Waals surface area contributed by atoms with Crippen molar-refractivity contribution in [2.24, 2.45) is 0 Å². The van der Waals surface area contributed by atoms with Gasteiger partial charge in [-0.05, 0) is 23.5 Å². The normalized spacial score (nSPS) is 12.4. The summed E-state index contributed by atoms with van der Waals surface area (Å²) in [5, 5.41) is 8.55. The SMILES string of the molecule is CC(C)[Si](CCCC#N)(O[SiH3])C(C)C. The van der Waals surface area contributed by atoms with E-state index in [9.17, 15) is 0 Å². The molecule has 2 nitrogen and oxygen atoms in total. The van der Waals surface area contributed by atoms with Crippen LogP contribution in [0.5, 0.6) is 0 Å². The lowest BCUT2D eigenvalue weighted by Crippen LogP contribution is -2.44. The third kappa shape index (κ3) is 3.23. The first-order chi connectivity index (χ1) is 6.51. The molecule has 14 heavy (non-hydrogen) atoms. The van der Waals surface area contributed by atoms with Crippen molar-refractivity contribution < 1.29 is 4.12 Å². The first kappa shape index (κ1) is 13.9. The summed E-state index contributed by atoms with van der Waals surface area (Å²) in [6.07, 6.45) is 1.69. The molecule has 0 bridgehead atoms. The van der Waals surface area contributed by atoms with Gasteiger partial charge < -0.3 is 4.12 Å². The predicted octanol–water partition coefficient (Wildman–Crippen LogP) is 2.35. The number of unbranched alkanes of at least 4 members (excludes halogenated alkanes) is 1. The summed E-state index contributed by atoms with van der Waals surface area (Å²) < 4.78 is 5.98. The Labute approximate surface area is 92.3 Å². The highest BCUT2D eigenvalue weighted by molar-refractivity contribution is 6.78. The Morgan fingerprint density at radius 1 is 1.29 bits per heavy atom. The van der Waals surface area contributed by atoms with Crippen LogP contribution < -0.4 is 0 Å². The van der Waals surface area contributed by atoms with Crippen LogP contribution in [0.3, 0.4) is 0 Å². The Hall–Kier alpha value is -0.116. The van der Waals surface area contributed by atoms with E-state index < -0.39 is 8.32 Å². The summed E-state index contributed by atoms with van der Waals surface area (Å²) in [6, 6.07) is 3.37. The van der Waals surface area contributed by atoms with Gasteiger partial charge in [-0.2, -0.15) is 5.26 Å². The van der Waals surface area contributed by atoms with Crippen molar-refractivity contribution in [2.75, 3.05) is 0 Å². The van der Waals surface area contributed by atoms with Crippen LogP contribution in [-0.4, -0.2) is 18.8 Å². The molecule has 0 aliphatic rings. The highest BCUT2D eigenvalue weighted by Gasteiger charge is 2.39. The molecule has 4 heteroatoms. The largest absolute Gasteiger partial charge is 0.463 e. The molecule has 0 aliphatic carbocycles. The molecule has 0 radical (unpaired) electrons. The molecule has 82 valence electrons. The van der Waals surface area contributed by atoms with Crippen molar-refractivity contribution in [3.8, 4) is 6.07 Å². The van der Waals surface area contributed by atoms with E-state index in [0.29, 0.717) is 17.5 Å². The van der Waals surface area contributed by atoms with Crippen LogP contribution in [0.15, 0.2) is 0 Å². The summed E-state index contributed by atoms with van der Waals surface area (Å²) >= 11 is 0. The molecular weight excluding hydrogens is 206 g/mol. The van der Waals surface area contributed by atoms with Crippen molar-refractivity contribution in [3.05, 3.63) is 0 Å². The van der Waals surface area contributed by atoms with Gasteiger partial charge in [0.25, 0.3) is 0 Å². The average molecular weight is 229 g/mol. The van der Waals surface area contributed by atoms with Crippen LogP contribution in [0.2, 0.25) is 17.1 Å². The molecule has 0 aromatic rings. The zero-order chi connectivity index (χ0) is 11.2. The quantitative estimate of drug-likeness (QED) is 0.517. The van der Waals surface area contributed by atoms with Gasteiger partial charge in [0.1, 0.15) is 10.5 Å². The molecule has 0 aromatic heterocycles. The van der Waals surface area contributed by atoms with Crippen LogP contribution in [0.4, 0.5) is 0 Å². The lowest BCUT2D eigenvalue weighted by Gasteiger charge is -2.38. The standard InChI is InChI=1S/C10H23NOSi2/c1-9(2)14(12-13,10(3)4)8-6-5-7-11/h9-10H,5-6,8H2,1-4,13H3. The summed E-state index contributed by atoms with van der Waals surface area (Å²) in [6.45, 7) is 9.10. The molecule has 0 fully saturated rings. The van der Waals surface area contributed by atoms with Crippen LogP contribution in [0.25, 0.3) is 0 Å². The minimum atomic E-state index is -1.55. The molecule has 0 rings (SSSR count). The van der Waals surface area contributed by atoms with Crippen molar-refractivity contribution in [1.82, 2.24) is 0 Å². The Kier molecular flexibility index (Phi) is 6.33. The maximum absolute atomic E-state index is 8.55. The molecule has 0 N–H and O–H groups in total. The third-order valence-corrected chi connectivity index (χ3v) is 11.3. The summed E-state index contributed by atoms with van der Waals surface area (Å²) in [7, 11) is -0.712. The maximum Gasteiger partial charge on any atom is 0.184 e. The number of nitriles is 1. The molecule has 0 unspecified atom stereocenters. The molecule has 0 saturated heterocycles. The van der Waals surface area contributed by atoms with Gasteiger partial charge in [-0.1, -0.05) is 27.7 Å². The van der Waals surface area contributed by atoms with E-state index in [1.165, 1.54) is 0 Å². The Balaban J connectivity index is 4.44. The average Bonchev–Trinajstić information content (AvgIpc) is 2.11. The maximum atomic E-state index is 8.55. The topological polar surface area (TPSA) is 33.0 Å². The zero-order valence-corrected chi connectivity index (χ0v) is 13.1. The van der Waals surface area contributed by atoms with Gasteiger partial charge in [-0.25, -0.2) is 0 Å². The number of nitrogens with zero attached hydrogens (tertiary/aromatic N) is 1. The zero-order valence-electron chi connectivity index (χ0n) is 10.1. The van der Waals surface area contributed by atoms with E-state index in [0.717, 1.165) is 23.0 Å². The summed E-state index contributed by atoms with van der Waals surface area (Å²) in [5.41, 5.74) is 1.33. The summed E-state index contributed by atoms with van der Waals surface area (Å²) in [4.78, 5) is 0. The van der Waals surface area contributed by atoms with Crippen LogP contribution in [0, 0.1) is 11.3 Å². The van der Waals surface area contributed by atoms with Crippen molar-refractivity contribution in [1.29, 1.82) is 5.26 Å². The molecular formula is C10H23NOSi2. The minimum Gasteiger partial charge on any atom is -0.463 e. The number of hydrogen-bond acceptors (Lipinski definition) is 2. The number of rotatable bonds is 6. The van der Waals surface area contributed by atoms with Crippen LogP contribution in [-0.2, 0) is 4.12 Å². The summed E-state index contributed by atoms with van der Waals surface area (Å²) in [5.74, 6) is 0. The number of hydrogen-bond donors (Lipinski definition) is 0. The highest BCUT2D eigenvalue weighted by atomic mass is 28.4. The fourth-order valence-electron chi connectivity index (χ4n) is 2.26. The van der Waals surface area contributed by atoms with Crippen molar-refractivity contribution in [2.45, 2.75) is 57.7 Å². The van der Waals surface area contributed by atoms with E-state index in [4.69, 9.17) is 9.38 Å². The van der Waals surface area contributed by atoms with Crippen LogP contribution in [0.1, 0.15) is 40.5 Å². The smallest absolute Gasteiger partial charge is 0.184 e. The molecule has 0 atom stereocenters. The minimum absolute atomic E-state index is 0.665. The fourth-order valence-corrected chi connectivity index (χ4v) is 10.1. The van der Waals surface area contributed by atoms with E-state index >= 15 is 0 Å². The van der Waals surface area contributed by atoms with E-state index in [2.05, 4.69) is 33.8 Å². The monoisotopic (exact) mass is 229 g/mol. The first-order valence-electron chi connectivity index (χ1n) is 5.43.